The molecule has 0 radical (unpaired) electrons. The standard InChI is InChI=1S/C23H19NO2S/c25-27(26,23-16-15-20-11-7-8-12-21(20)17-23)24(22-13-5-2-6-14-22)18-19-9-3-1-4-10-19/h1-17H,18H2. The minimum atomic E-state index is -3.71. The molecule has 0 atom stereocenters. The van der Waals surface area contributed by atoms with Crippen LogP contribution in [0.4, 0.5) is 5.69 Å². The van der Waals surface area contributed by atoms with Crippen LogP contribution in [0.2, 0.25) is 0 Å². The van der Waals surface area contributed by atoms with Crippen molar-refractivity contribution in [3.63, 3.8) is 0 Å². The fraction of sp³-hybridized carbons (Fsp3) is 0.0435. The molecule has 134 valence electrons. The fourth-order valence-electron chi connectivity index (χ4n) is 3.11. The van der Waals surface area contributed by atoms with Crippen molar-refractivity contribution >= 4 is 26.5 Å². The summed E-state index contributed by atoms with van der Waals surface area (Å²) < 4.78 is 28.5. The van der Waals surface area contributed by atoms with Crippen LogP contribution in [0.5, 0.6) is 0 Å². The molecule has 0 N–H and O–H groups in total. The second kappa shape index (κ2) is 7.25. The van der Waals surface area contributed by atoms with Gasteiger partial charge in [0.25, 0.3) is 10.0 Å². The number of rotatable bonds is 5. The minimum Gasteiger partial charge on any atom is -0.262 e. The van der Waals surface area contributed by atoms with Crippen LogP contribution in [0.15, 0.2) is 108 Å². The zero-order valence-electron chi connectivity index (χ0n) is 14.7. The van der Waals surface area contributed by atoms with Crippen LogP contribution >= 0.6 is 0 Å². The highest BCUT2D eigenvalue weighted by Gasteiger charge is 2.25. The second-order valence-corrected chi connectivity index (χ2v) is 8.20. The molecule has 0 aliphatic rings. The largest absolute Gasteiger partial charge is 0.264 e. The maximum atomic E-state index is 13.5. The van der Waals surface area contributed by atoms with E-state index in [1.807, 2.05) is 91.0 Å². The quantitative estimate of drug-likeness (QED) is 0.480. The van der Waals surface area contributed by atoms with Crippen molar-refractivity contribution < 1.29 is 8.42 Å². The molecule has 0 bridgehead atoms. The minimum absolute atomic E-state index is 0.278. The van der Waals surface area contributed by atoms with Crippen molar-refractivity contribution in [2.45, 2.75) is 11.4 Å². The van der Waals surface area contributed by atoms with Gasteiger partial charge in [0, 0.05) is 0 Å². The number of hydrogen-bond donors (Lipinski definition) is 0. The van der Waals surface area contributed by atoms with E-state index in [-0.39, 0.29) is 6.54 Å². The van der Waals surface area contributed by atoms with Gasteiger partial charge in [0.2, 0.25) is 0 Å². The Balaban J connectivity index is 1.81. The average molecular weight is 373 g/mol. The highest BCUT2D eigenvalue weighted by Crippen LogP contribution is 2.27. The van der Waals surface area contributed by atoms with E-state index in [2.05, 4.69) is 0 Å². The molecule has 0 spiro atoms. The van der Waals surface area contributed by atoms with Crippen molar-refractivity contribution in [2.24, 2.45) is 0 Å². The van der Waals surface area contributed by atoms with Gasteiger partial charge in [0.15, 0.2) is 0 Å². The Hall–Kier alpha value is -3.11. The van der Waals surface area contributed by atoms with Gasteiger partial charge in [-0.1, -0.05) is 78.9 Å². The molecule has 27 heavy (non-hydrogen) atoms. The van der Waals surface area contributed by atoms with Crippen LogP contribution in [-0.2, 0) is 16.6 Å². The van der Waals surface area contributed by atoms with E-state index >= 15 is 0 Å². The first-order valence-corrected chi connectivity index (χ1v) is 10.2. The Morgan fingerprint density at radius 3 is 1.93 bits per heavy atom. The molecule has 0 saturated heterocycles. The first kappa shape index (κ1) is 17.3. The summed E-state index contributed by atoms with van der Waals surface area (Å²) in [6.45, 7) is 0.278. The number of hydrogen-bond acceptors (Lipinski definition) is 2. The third-order valence-corrected chi connectivity index (χ3v) is 6.29. The predicted octanol–water partition coefficient (Wildman–Crippen LogP) is 5.24. The first-order valence-electron chi connectivity index (χ1n) is 8.75. The van der Waals surface area contributed by atoms with E-state index in [0.717, 1.165) is 16.3 Å². The third-order valence-electron chi connectivity index (χ3n) is 4.52. The lowest BCUT2D eigenvalue weighted by Gasteiger charge is -2.25. The second-order valence-electron chi connectivity index (χ2n) is 6.34. The summed E-state index contributed by atoms with van der Waals surface area (Å²) in [7, 11) is -3.71. The van der Waals surface area contributed by atoms with E-state index in [1.54, 1.807) is 12.1 Å². The van der Waals surface area contributed by atoms with Gasteiger partial charge in [-0.3, -0.25) is 4.31 Å². The molecular weight excluding hydrogens is 354 g/mol. The maximum Gasteiger partial charge on any atom is 0.264 e. The van der Waals surface area contributed by atoms with Crippen LogP contribution in [0.3, 0.4) is 0 Å². The highest BCUT2D eigenvalue weighted by molar-refractivity contribution is 7.92. The van der Waals surface area contributed by atoms with Crippen molar-refractivity contribution in [1.29, 1.82) is 0 Å². The molecule has 0 saturated carbocycles. The lowest BCUT2D eigenvalue weighted by molar-refractivity contribution is 0.590. The predicted molar refractivity (Wildman–Crippen MR) is 110 cm³/mol. The average Bonchev–Trinajstić information content (AvgIpc) is 2.73. The number of anilines is 1. The molecule has 4 heteroatoms. The summed E-state index contributed by atoms with van der Waals surface area (Å²) in [5.41, 5.74) is 1.58. The molecule has 0 aromatic heterocycles. The summed E-state index contributed by atoms with van der Waals surface area (Å²) in [5.74, 6) is 0. The van der Waals surface area contributed by atoms with Crippen LogP contribution < -0.4 is 4.31 Å². The van der Waals surface area contributed by atoms with Gasteiger partial charge < -0.3 is 0 Å². The van der Waals surface area contributed by atoms with Crippen LogP contribution in [-0.4, -0.2) is 8.42 Å². The van der Waals surface area contributed by atoms with E-state index < -0.39 is 10.0 Å². The summed E-state index contributed by atoms with van der Waals surface area (Å²) in [4.78, 5) is 0.293. The molecule has 3 nitrogen and oxygen atoms in total. The van der Waals surface area contributed by atoms with Crippen molar-refractivity contribution in [3.8, 4) is 0 Å². The molecule has 0 amide bonds. The van der Waals surface area contributed by atoms with Gasteiger partial charge in [0.05, 0.1) is 17.1 Å². The summed E-state index contributed by atoms with van der Waals surface area (Å²) >= 11 is 0. The number of para-hydroxylation sites is 1. The molecular formula is C23H19NO2S. The van der Waals surface area contributed by atoms with E-state index in [0.29, 0.717) is 10.6 Å². The smallest absolute Gasteiger partial charge is 0.262 e. The number of benzene rings is 4. The van der Waals surface area contributed by atoms with Crippen LogP contribution in [0, 0.1) is 0 Å². The van der Waals surface area contributed by atoms with Gasteiger partial charge in [-0.15, -0.1) is 0 Å². The SMILES string of the molecule is O=S(=O)(c1ccc2ccccc2c1)N(Cc1ccccc1)c1ccccc1. The molecule has 0 heterocycles. The summed E-state index contributed by atoms with van der Waals surface area (Å²) in [6.07, 6.45) is 0. The Kier molecular flexibility index (Phi) is 4.65. The normalized spacial score (nSPS) is 11.4. The summed E-state index contributed by atoms with van der Waals surface area (Å²) in [6, 6.07) is 31.9. The number of sulfonamides is 1. The van der Waals surface area contributed by atoms with Gasteiger partial charge >= 0.3 is 0 Å². The molecule has 0 fully saturated rings. The summed E-state index contributed by atoms with van der Waals surface area (Å²) in [5, 5.41) is 1.93. The lowest BCUT2D eigenvalue weighted by atomic mass is 10.1. The lowest BCUT2D eigenvalue weighted by Crippen LogP contribution is -2.30. The fourth-order valence-corrected chi connectivity index (χ4v) is 4.60. The van der Waals surface area contributed by atoms with Crippen LogP contribution in [0.1, 0.15) is 5.56 Å². The molecule has 4 rings (SSSR count). The third kappa shape index (κ3) is 3.57. The van der Waals surface area contributed by atoms with Crippen molar-refractivity contribution in [2.75, 3.05) is 4.31 Å². The zero-order valence-corrected chi connectivity index (χ0v) is 15.5. The molecule has 0 unspecified atom stereocenters. The zero-order chi connectivity index (χ0) is 18.7. The molecule has 0 aliphatic heterocycles. The number of nitrogens with zero attached hydrogens (tertiary/aromatic N) is 1. The Labute approximate surface area is 159 Å². The Morgan fingerprint density at radius 1 is 0.630 bits per heavy atom. The van der Waals surface area contributed by atoms with Gasteiger partial charge in [-0.05, 0) is 40.6 Å². The molecule has 4 aromatic carbocycles. The molecule has 0 aliphatic carbocycles. The van der Waals surface area contributed by atoms with Crippen molar-refractivity contribution in [3.05, 3.63) is 109 Å². The highest BCUT2D eigenvalue weighted by atomic mass is 32.2. The monoisotopic (exact) mass is 373 g/mol. The van der Waals surface area contributed by atoms with Gasteiger partial charge in [-0.25, -0.2) is 8.42 Å². The van der Waals surface area contributed by atoms with Gasteiger partial charge in [-0.2, -0.15) is 0 Å². The van der Waals surface area contributed by atoms with E-state index in [4.69, 9.17) is 0 Å². The number of fused-ring (bicyclic) bond motifs is 1. The van der Waals surface area contributed by atoms with Crippen molar-refractivity contribution in [1.82, 2.24) is 0 Å². The maximum absolute atomic E-state index is 13.5. The molecule has 4 aromatic rings. The Bertz CT molecular complexity index is 1160. The topological polar surface area (TPSA) is 37.4 Å². The Morgan fingerprint density at radius 2 is 1.22 bits per heavy atom. The van der Waals surface area contributed by atoms with E-state index in [9.17, 15) is 8.42 Å². The first-order chi connectivity index (χ1) is 13.1. The van der Waals surface area contributed by atoms with Crippen LogP contribution in [0.25, 0.3) is 10.8 Å². The van der Waals surface area contributed by atoms with Gasteiger partial charge in [0.1, 0.15) is 0 Å². The van der Waals surface area contributed by atoms with E-state index in [1.165, 1.54) is 4.31 Å².